The molecule has 0 atom stereocenters. The highest BCUT2D eigenvalue weighted by Crippen LogP contribution is 2.42. The van der Waals surface area contributed by atoms with Crippen LogP contribution in [0.15, 0.2) is 12.1 Å². The van der Waals surface area contributed by atoms with Gasteiger partial charge in [-0.15, -0.1) is 0 Å². The number of benzene rings is 1. The number of hydrogen-bond acceptors (Lipinski definition) is 4. The topological polar surface area (TPSA) is 47.9 Å². The fourth-order valence-corrected chi connectivity index (χ4v) is 2.18. The minimum absolute atomic E-state index is 0.450. The molecular formula is C14H20O4. The summed E-state index contributed by atoms with van der Waals surface area (Å²) in [5.74, 6) is 1.56. The summed E-state index contributed by atoms with van der Waals surface area (Å²) in [6.45, 7) is 0.450. The summed E-state index contributed by atoms with van der Waals surface area (Å²) in [5.41, 5.74) is 1.38. The van der Waals surface area contributed by atoms with E-state index < -0.39 is 5.60 Å². The summed E-state index contributed by atoms with van der Waals surface area (Å²) < 4.78 is 16.0. The SMILES string of the molecule is COCc1c(OC)ccc(OC)c1CC1(O)CC1. The Morgan fingerprint density at radius 1 is 1.06 bits per heavy atom. The number of hydrogen-bond donors (Lipinski definition) is 1. The van der Waals surface area contributed by atoms with Gasteiger partial charge in [0.2, 0.25) is 0 Å². The zero-order valence-corrected chi connectivity index (χ0v) is 11.2. The van der Waals surface area contributed by atoms with Crippen LogP contribution in [0.2, 0.25) is 0 Å². The van der Waals surface area contributed by atoms with Crippen molar-refractivity contribution in [1.29, 1.82) is 0 Å². The third-order valence-corrected chi connectivity index (χ3v) is 3.41. The van der Waals surface area contributed by atoms with Gasteiger partial charge >= 0.3 is 0 Å². The largest absolute Gasteiger partial charge is 0.496 e. The normalized spacial score (nSPS) is 16.4. The highest BCUT2D eigenvalue weighted by Gasteiger charge is 2.41. The molecule has 0 bridgehead atoms. The fraction of sp³-hybridized carbons (Fsp3) is 0.571. The minimum atomic E-state index is -0.567. The Morgan fingerprint density at radius 2 is 1.61 bits per heavy atom. The highest BCUT2D eigenvalue weighted by molar-refractivity contribution is 5.49. The molecule has 0 amide bonds. The Hall–Kier alpha value is -1.26. The van der Waals surface area contributed by atoms with Crippen molar-refractivity contribution in [2.24, 2.45) is 0 Å². The van der Waals surface area contributed by atoms with Crippen LogP contribution < -0.4 is 9.47 Å². The summed E-state index contributed by atoms with van der Waals surface area (Å²) >= 11 is 0. The van der Waals surface area contributed by atoms with Crippen molar-refractivity contribution in [2.45, 2.75) is 31.5 Å². The molecule has 0 aromatic heterocycles. The van der Waals surface area contributed by atoms with Gasteiger partial charge in [0.05, 0.1) is 26.4 Å². The quantitative estimate of drug-likeness (QED) is 0.840. The van der Waals surface area contributed by atoms with Gasteiger partial charge in [0, 0.05) is 24.7 Å². The lowest BCUT2D eigenvalue weighted by Gasteiger charge is -2.18. The van der Waals surface area contributed by atoms with E-state index in [1.165, 1.54) is 0 Å². The van der Waals surface area contributed by atoms with Crippen LogP contribution in [0.25, 0.3) is 0 Å². The van der Waals surface area contributed by atoms with E-state index >= 15 is 0 Å². The molecule has 1 N–H and O–H groups in total. The molecule has 100 valence electrons. The molecule has 0 aliphatic heterocycles. The van der Waals surface area contributed by atoms with E-state index in [4.69, 9.17) is 14.2 Å². The zero-order valence-electron chi connectivity index (χ0n) is 11.2. The van der Waals surface area contributed by atoms with Gasteiger partial charge in [-0.3, -0.25) is 0 Å². The monoisotopic (exact) mass is 252 g/mol. The Bertz CT molecular complexity index is 424. The second-order valence-electron chi connectivity index (χ2n) is 4.76. The van der Waals surface area contributed by atoms with Crippen molar-refractivity contribution in [3.05, 3.63) is 23.3 Å². The maximum Gasteiger partial charge on any atom is 0.124 e. The summed E-state index contributed by atoms with van der Waals surface area (Å²) in [6, 6.07) is 3.74. The van der Waals surface area contributed by atoms with Crippen molar-refractivity contribution < 1.29 is 19.3 Å². The minimum Gasteiger partial charge on any atom is -0.496 e. The lowest BCUT2D eigenvalue weighted by Crippen LogP contribution is -2.14. The first kappa shape index (κ1) is 13.2. The van der Waals surface area contributed by atoms with E-state index in [1.807, 2.05) is 12.1 Å². The van der Waals surface area contributed by atoms with Crippen molar-refractivity contribution in [1.82, 2.24) is 0 Å². The van der Waals surface area contributed by atoms with Crippen LogP contribution in [-0.2, 0) is 17.8 Å². The van der Waals surface area contributed by atoms with Gasteiger partial charge in [0.25, 0.3) is 0 Å². The molecule has 0 saturated heterocycles. The summed E-state index contributed by atoms with van der Waals surface area (Å²) in [4.78, 5) is 0. The molecule has 1 fully saturated rings. The molecule has 4 nitrogen and oxygen atoms in total. The second kappa shape index (κ2) is 5.16. The third-order valence-electron chi connectivity index (χ3n) is 3.41. The molecule has 2 rings (SSSR count). The molecule has 0 spiro atoms. The zero-order chi connectivity index (χ0) is 13.2. The molecule has 1 saturated carbocycles. The van der Waals surface area contributed by atoms with Gasteiger partial charge < -0.3 is 19.3 Å². The van der Waals surface area contributed by atoms with Crippen LogP contribution in [0.4, 0.5) is 0 Å². The van der Waals surface area contributed by atoms with E-state index in [1.54, 1.807) is 21.3 Å². The fourth-order valence-electron chi connectivity index (χ4n) is 2.18. The Morgan fingerprint density at radius 3 is 2.06 bits per heavy atom. The smallest absolute Gasteiger partial charge is 0.124 e. The number of aliphatic hydroxyl groups is 1. The molecule has 1 aromatic carbocycles. The first-order chi connectivity index (χ1) is 8.63. The lowest BCUT2D eigenvalue weighted by molar-refractivity contribution is 0.146. The van der Waals surface area contributed by atoms with E-state index in [9.17, 15) is 5.11 Å². The van der Waals surface area contributed by atoms with Crippen LogP contribution in [0, 0.1) is 0 Å². The van der Waals surface area contributed by atoms with Gasteiger partial charge in [0.15, 0.2) is 0 Å². The lowest BCUT2D eigenvalue weighted by atomic mass is 9.98. The van der Waals surface area contributed by atoms with Crippen LogP contribution in [0.5, 0.6) is 11.5 Å². The standard InChI is InChI=1S/C14H20O4/c1-16-9-11-10(8-14(15)6-7-14)12(17-2)4-5-13(11)18-3/h4-5,15H,6-9H2,1-3H3. The van der Waals surface area contributed by atoms with Gasteiger partial charge in [-0.25, -0.2) is 0 Å². The molecule has 1 aliphatic carbocycles. The van der Waals surface area contributed by atoms with E-state index in [0.717, 1.165) is 35.5 Å². The molecule has 0 heterocycles. The summed E-state index contributed by atoms with van der Waals surface area (Å²) in [5, 5.41) is 10.1. The first-order valence-electron chi connectivity index (χ1n) is 6.07. The maximum absolute atomic E-state index is 10.1. The van der Waals surface area contributed by atoms with Crippen molar-refractivity contribution in [2.75, 3.05) is 21.3 Å². The summed E-state index contributed by atoms with van der Waals surface area (Å²) in [7, 11) is 4.92. The van der Waals surface area contributed by atoms with Gasteiger partial charge in [-0.05, 0) is 25.0 Å². The van der Waals surface area contributed by atoms with Crippen LogP contribution in [-0.4, -0.2) is 32.0 Å². The predicted molar refractivity (Wildman–Crippen MR) is 68.1 cm³/mol. The van der Waals surface area contributed by atoms with Crippen molar-refractivity contribution >= 4 is 0 Å². The Kier molecular flexibility index (Phi) is 3.78. The molecule has 4 heteroatoms. The molecule has 1 aromatic rings. The van der Waals surface area contributed by atoms with Crippen molar-refractivity contribution in [3.63, 3.8) is 0 Å². The maximum atomic E-state index is 10.1. The predicted octanol–water partition coefficient (Wildman–Crippen LogP) is 1.92. The van der Waals surface area contributed by atoms with Gasteiger partial charge in [0.1, 0.15) is 11.5 Å². The third kappa shape index (κ3) is 2.60. The number of ether oxygens (including phenoxy) is 3. The second-order valence-corrected chi connectivity index (χ2v) is 4.76. The molecule has 18 heavy (non-hydrogen) atoms. The van der Waals surface area contributed by atoms with E-state index in [0.29, 0.717) is 13.0 Å². The average molecular weight is 252 g/mol. The van der Waals surface area contributed by atoms with Crippen LogP contribution in [0.1, 0.15) is 24.0 Å². The van der Waals surface area contributed by atoms with E-state index in [-0.39, 0.29) is 0 Å². The number of methoxy groups -OCH3 is 3. The Labute approximate surface area is 107 Å². The Balaban J connectivity index is 2.42. The molecule has 1 aliphatic rings. The van der Waals surface area contributed by atoms with Crippen LogP contribution in [0.3, 0.4) is 0 Å². The first-order valence-corrected chi connectivity index (χ1v) is 6.07. The average Bonchev–Trinajstić information content (AvgIpc) is 3.09. The summed E-state index contributed by atoms with van der Waals surface area (Å²) in [6.07, 6.45) is 2.28. The van der Waals surface area contributed by atoms with Gasteiger partial charge in [-0.2, -0.15) is 0 Å². The molecule has 0 unspecified atom stereocenters. The van der Waals surface area contributed by atoms with E-state index in [2.05, 4.69) is 0 Å². The van der Waals surface area contributed by atoms with Gasteiger partial charge in [-0.1, -0.05) is 0 Å². The van der Waals surface area contributed by atoms with Crippen LogP contribution >= 0.6 is 0 Å². The highest BCUT2D eigenvalue weighted by atomic mass is 16.5. The molecule has 0 radical (unpaired) electrons. The molecular weight excluding hydrogens is 232 g/mol. The van der Waals surface area contributed by atoms with Crippen molar-refractivity contribution in [3.8, 4) is 11.5 Å². The number of rotatable bonds is 6.